The summed E-state index contributed by atoms with van der Waals surface area (Å²) in [5.74, 6) is -0.786. The minimum Gasteiger partial charge on any atom is -0.468 e. The van der Waals surface area contributed by atoms with Crippen molar-refractivity contribution >= 4 is 22.8 Å². The molecule has 0 fully saturated rings. The van der Waals surface area contributed by atoms with Gasteiger partial charge in [0, 0.05) is 36.4 Å². The van der Waals surface area contributed by atoms with Crippen molar-refractivity contribution in [3.63, 3.8) is 0 Å². The zero-order valence-electron chi connectivity index (χ0n) is 18.1. The molecule has 33 heavy (non-hydrogen) atoms. The molecule has 0 N–H and O–H groups in total. The summed E-state index contributed by atoms with van der Waals surface area (Å²) < 4.78 is 6.75. The molecule has 0 spiro atoms. The highest BCUT2D eigenvalue weighted by atomic mass is 16.5. The van der Waals surface area contributed by atoms with Gasteiger partial charge >= 0.3 is 5.97 Å². The van der Waals surface area contributed by atoms with Crippen molar-refractivity contribution in [3.05, 3.63) is 102 Å². The van der Waals surface area contributed by atoms with Gasteiger partial charge in [0.05, 0.1) is 18.7 Å². The summed E-state index contributed by atoms with van der Waals surface area (Å²) >= 11 is 0. The van der Waals surface area contributed by atoms with Crippen LogP contribution < -0.4 is 0 Å². The normalized spacial score (nSPS) is 10.5. The van der Waals surface area contributed by atoms with E-state index in [9.17, 15) is 14.9 Å². The Morgan fingerprint density at radius 1 is 1.03 bits per heavy atom. The number of benzene rings is 2. The second-order valence-corrected chi connectivity index (χ2v) is 7.58. The Morgan fingerprint density at radius 3 is 2.58 bits per heavy atom. The molecule has 0 aliphatic carbocycles. The van der Waals surface area contributed by atoms with Gasteiger partial charge in [0.25, 0.3) is 5.91 Å². The van der Waals surface area contributed by atoms with E-state index in [-0.39, 0.29) is 19.0 Å². The number of hydrogen-bond acceptors (Lipinski definition) is 5. The van der Waals surface area contributed by atoms with Gasteiger partial charge in [-0.25, -0.2) is 0 Å². The fourth-order valence-corrected chi connectivity index (χ4v) is 3.77. The molecule has 0 atom stereocenters. The summed E-state index contributed by atoms with van der Waals surface area (Å²) in [6, 6.07) is 22.6. The lowest BCUT2D eigenvalue weighted by Crippen LogP contribution is -2.36. The molecule has 7 nitrogen and oxygen atoms in total. The molecule has 1 amide bonds. The van der Waals surface area contributed by atoms with Crippen LogP contribution in [0, 0.1) is 11.3 Å². The molecule has 0 bridgehead atoms. The highest BCUT2D eigenvalue weighted by Crippen LogP contribution is 2.23. The van der Waals surface area contributed by atoms with Crippen LogP contribution in [0.25, 0.3) is 10.9 Å². The molecule has 0 saturated carbocycles. The number of ether oxygens (including phenoxy) is 1. The number of fused-ring (bicyclic) bond motifs is 1. The Kier molecular flexibility index (Phi) is 6.46. The third-order valence-electron chi connectivity index (χ3n) is 5.38. The van der Waals surface area contributed by atoms with Crippen molar-refractivity contribution in [2.75, 3.05) is 13.7 Å². The van der Waals surface area contributed by atoms with Gasteiger partial charge < -0.3 is 14.2 Å². The van der Waals surface area contributed by atoms with Crippen LogP contribution in [-0.2, 0) is 22.6 Å². The Hall–Kier alpha value is -4.44. The number of rotatable bonds is 7. The molecule has 4 aromatic rings. The number of pyridine rings is 1. The van der Waals surface area contributed by atoms with Crippen molar-refractivity contribution < 1.29 is 14.3 Å². The van der Waals surface area contributed by atoms with Gasteiger partial charge in [0.15, 0.2) is 0 Å². The van der Waals surface area contributed by atoms with E-state index in [0.717, 1.165) is 22.0 Å². The fraction of sp³-hybridized carbons (Fsp3) is 0.154. The lowest BCUT2D eigenvalue weighted by Gasteiger charge is -2.22. The summed E-state index contributed by atoms with van der Waals surface area (Å²) in [5.41, 5.74) is 3.66. The molecule has 0 saturated heterocycles. The highest BCUT2D eigenvalue weighted by molar-refractivity contribution is 6.00. The van der Waals surface area contributed by atoms with Gasteiger partial charge in [0.1, 0.15) is 12.2 Å². The minimum atomic E-state index is -0.498. The number of methoxy groups -OCH3 is 1. The lowest BCUT2D eigenvalue weighted by molar-refractivity contribution is -0.141. The van der Waals surface area contributed by atoms with Crippen molar-refractivity contribution in [3.8, 4) is 6.07 Å². The van der Waals surface area contributed by atoms with E-state index in [1.807, 2.05) is 53.1 Å². The van der Waals surface area contributed by atoms with Crippen molar-refractivity contribution in [2.24, 2.45) is 0 Å². The largest absolute Gasteiger partial charge is 0.468 e. The van der Waals surface area contributed by atoms with Gasteiger partial charge in [-0.2, -0.15) is 5.26 Å². The number of nitrogens with zero attached hydrogens (tertiary/aromatic N) is 4. The molecule has 7 heteroatoms. The number of aromatic nitrogens is 2. The molecule has 2 aromatic heterocycles. The molecule has 0 unspecified atom stereocenters. The van der Waals surface area contributed by atoms with Gasteiger partial charge in [0.2, 0.25) is 0 Å². The van der Waals surface area contributed by atoms with Crippen molar-refractivity contribution in [1.29, 1.82) is 5.26 Å². The van der Waals surface area contributed by atoms with Crippen LogP contribution in [0.1, 0.15) is 27.2 Å². The number of carbonyl (C=O) groups is 2. The highest BCUT2D eigenvalue weighted by Gasteiger charge is 2.24. The molecule has 0 aliphatic rings. The maximum absolute atomic E-state index is 13.7. The van der Waals surface area contributed by atoms with Crippen LogP contribution in [-0.4, -0.2) is 40.0 Å². The van der Waals surface area contributed by atoms with Crippen LogP contribution >= 0.6 is 0 Å². The maximum Gasteiger partial charge on any atom is 0.325 e. The number of esters is 1. The van der Waals surface area contributed by atoms with Crippen LogP contribution in [0.2, 0.25) is 0 Å². The van der Waals surface area contributed by atoms with Gasteiger partial charge in [-0.1, -0.05) is 30.3 Å². The van der Waals surface area contributed by atoms with Gasteiger partial charge in [-0.3, -0.25) is 14.6 Å². The predicted octanol–water partition coefficient (Wildman–Crippen LogP) is 3.77. The first-order chi connectivity index (χ1) is 16.1. The number of nitriles is 1. The Labute approximate surface area is 191 Å². The third kappa shape index (κ3) is 4.91. The second-order valence-electron chi connectivity index (χ2n) is 7.58. The van der Waals surface area contributed by atoms with E-state index in [1.165, 1.54) is 12.0 Å². The SMILES string of the molecule is COC(=O)CN(Cc1ccncc1)C(=O)c1cc2ccccc2n1Cc1cccc(C#N)c1. The standard InChI is InChI=1S/C26H22N4O3/c1-33-25(31)18-29(16-19-9-11-28-12-10-19)26(32)24-14-22-7-2-3-8-23(22)30(24)17-21-6-4-5-20(13-21)15-27/h2-14H,16-18H2,1H3. The van der Waals surface area contributed by atoms with Gasteiger partial charge in [-0.05, 0) is 47.5 Å². The van der Waals surface area contributed by atoms with Crippen molar-refractivity contribution in [2.45, 2.75) is 13.1 Å². The number of amides is 1. The first kappa shape index (κ1) is 21.8. The quantitative estimate of drug-likeness (QED) is 0.410. The molecule has 4 rings (SSSR count). The summed E-state index contributed by atoms with van der Waals surface area (Å²) in [7, 11) is 1.30. The van der Waals surface area contributed by atoms with Crippen LogP contribution in [0.15, 0.2) is 79.1 Å². The smallest absolute Gasteiger partial charge is 0.325 e. The van der Waals surface area contributed by atoms with Crippen LogP contribution in [0.4, 0.5) is 0 Å². The predicted molar refractivity (Wildman–Crippen MR) is 123 cm³/mol. The Balaban J connectivity index is 1.75. The first-order valence-electron chi connectivity index (χ1n) is 10.4. The Bertz CT molecular complexity index is 1340. The number of carbonyl (C=O) groups excluding carboxylic acids is 2. The van der Waals surface area contributed by atoms with E-state index in [1.54, 1.807) is 30.6 Å². The maximum atomic E-state index is 13.7. The van der Waals surface area contributed by atoms with E-state index in [0.29, 0.717) is 17.8 Å². The van der Waals surface area contributed by atoms with E-state index in [2.05, 4.69) is 11.1 Å². The molecular formula is C26H22N4O3. The molecule has 164 valence electrons. The average molecular weight is 438 g/mol. The molecular weight excluding hydrogens is 416 g/mol. The van der Waals surface area contributed by atoms with Crippen LogP contribution in [0.5, 0.6) is 0 Å². The van der Waals surface area contributed by atoms with E-state index in [4.69, 9.17) is 4.74 Å². The summed E-state index contributed by atoms with van der Waals surface area (Å²) in [4.78, 5) is 31.3. The Morgan fingerprint density at radius 2 is 1.82 bits per heavy atom. The molecule has 0 aliphatic heterocycles. The summed E-state index contributed by atoms with van der Waals surface area (Å²) in [5, 5.41) is 10.2. The minimum absolute atomic E-state index is 0.177. The van der Waals surface area contributed by atoms with E-state index < -0.39 is 5.97 Å². The summed E-state index contributed by atoms with van der Waals surface area (Å²) in [6.45, 7) is 0.469. The topological polar surface area (TPSA) is 88.2 Å². The van der Waals surface area contributed by atoms with Gasteiger partial charge in [-0.15, -0.1) is 0 Å². The fourth-order valence-electron chi connectivity index (χ4n) is 3.77. The first-order valence-corrected chi connectivity index (χ1v) is 10.4. The molecule has 2 heterocycles. The zero-order chi connectivity index (χ0) is 23.2. The van der Waals surface area contributed by atoms with Crippen LogP contribution in [0.3, 0.4) is 0 Å². The third-order valence-corrected chi connectivity index (χ3v) is 5.38. The molecule has 2 aromatic carbocycles. The monoisotopic (exact) mass is 438 g/mol. The zero-order valence-corrected chi connectivity index (χ0v) is 18.1. The number of para-hydroxylation sites is 1. The van der Waals surface area contributed by atoms with E-state index >= 15 is 0 Å². The summed E-state index contributed by atoms with van der Waals surface area (Å²) in [6.07, 6.45) is 3.30. The lowest BCUT2D eigenvalue weighted by atomic mass is 10.1. The second kappa shape index (κ2) is 9.79. The number of hydrogen-bond donors (Lipinski definition) is 0. The molecule has 0 radical (unpaired) electrons. The average Bonchev–Trinajstić information content (AvgIpc) is 3.22. The van der Waals surface area contributed by atoms with Crippen molar-refractivity contribution in [1.82, 2.24) is 14.5 Å².